The SMILES string of the molecule is CCOCc1nc(NN)cc(N2CCOCC2C(N)=O)n1. The number of hydrogen-bond acceptors (Lipinski definition) is 8. The first-order valence-electron chi connectivity index (χ1n) is 6.71. The molecule has 1 aromatic rings. The van der Waals surface area contributed by atoms with Crippen molar-refractivity contribution in [1.29, 1.82) is 0 Å². The van der Waals surface area contributed by atoms with Crippen LogP contribution >= 0.6 is 0 Å². The molecular formula is C12H20N6O3. The van der Waals surface area contributed by atoms with E-state index in [0.29, 0.717) is 37.2 Å². The van der Waals surface area contributed by atoms with Gasteiger partial charge in [0, 0.05) is 19.2 Å². The third kappa shape index (κ3) is 3.78. The molecule has 0 aliphatic carbocycles. The van der Waals surface area contributed by atoms with E-state index < -0.39 is 11.9 Å². The topological polar surface area (TPSA) is 129 Å². The lowest BCUT2D eigenvalue weighted by atomic mass is 10.2. The van der Waals surface area contributed by atoms with E-state index in [-0.39, 0.29) is 13.2 Å². The van der Waals surface area contributed by atoms with Crippen LogP contribution in [-0.2, 0) is 20.9 Å². The summed E-state index contributed by atoms with van der Waals surface area (Å²) in [5.74, 6) is 6.47. The van der Waals surface area contributed by atoms with Crippen LogP contribution in [0, 0.1) is 0 Å². The number of hydrogen-bond donors (Lipinski definition) is 3. The van der Waals surface area contributed by atoms with Gasteiger partial charge in [0.15, 0.2) is 5.82 Å². The second-order valence-corrected chi connectivity index (χ2v) is 4.50. The molecule has 0 spiro atoms. The molecule has 0 saturated carbocycles. The number of ether oxygens (including phenoxy) is 2. The number of carbonyl (C=O) groups is 1. The van der Waals surface area contributed by atoms with Gasteiger partial charge >= 0.3 is 0 Å². The average Bonchev–Trinajstić information content (AvgIpc) is 2.52. The van der Waals surface area contributed by atoms with Gasteiger partial charge in [0.1, 0.15) is 24.3 Å². The Morgan fingerprint density at radius 3 is 3.10 bits per heavy atom. The number of anilines is 2. The fraction of sp³-hybridized carbons (Fsp3) is 0.583. The van der Waals surface area contributed by atoms with E-state index in [9.17, 15) is 4.79 Å². The molecule has 1 atom stereocenters. The van der Waals surface area contributed by atoms with E-state index in [1.165, 1.54) is 0 Å². The Morgan fingerprint density at radius 1 is 1.62 bits per heavy atom. The molecule has 2 rings (SSSR count). The van der Waals surface area contributed by atoms with Crippen LogP contribution in [0.15, 0.2) is 6.07 Å². The quantitative estimate of drug-likeness (QED) is 0.450. The third-order valence-corrected chi connectivity index (χ3v) is 3.09. The van der Waals surface area contributed by atoms with Gasteiger partial charge < -0.3 is 25.5 Å². The molecule has 1 unspecified atom stereocenters. The van der Waals surface area contributed by atoms with Gasteiger partial charge in [-0.3, -0.25) is 4.79 Å². The molecule has 1 amide bonds. The molecule has 1 aliphatic heterocycles. The number of hydrazine groups is 1. The molecule has 5 N–H and O–H groups in total. The minimum absolute atomic E-state index is 0.242. The van der Waals surface area contributed by atoms with Gasteiger partial charge in [-0.25, -0.2) is 15.8 Å². The van der Waals surface area contributed by atoms with E-state index in [1.54, 1.807) is 11.0 Å². The Labute approximate surface area is 122 Å². The van der Waals surface area contributed by atoms with Crippen LogP contribution < -0.4 is 21.9 Å². The highest BCUT2D eigenvalue weighted by Crippen LogP contribution is 2.20. The molecule has 1 aromatic heterocycles. The first-order valence-corrected chi connectivity index (χ1v) is 6.71. The van der Waals surface area contributed by atoms with Crippen LogP contribution in [-0.4, -0.2) is 48.3 Å². The number of nitrogen functional groups attached to an aromatic ring is 1. The van der Waals surface area contributed by atoms with E-state index in [4.69, 9.17) is 21.1 Å². The lowest BCUT2D eigenvalue weighted by Crippen LogP contribution is -2.53. The van der Waals surface area contributed by atoms with E-state index in [1.807, 2.05) is 6.92 Å². The van der Waals surface area contributed by atoms with Gasteiger partial charge in [-0.15, -0.1) is 0 Å². The number of nitrogens with two attached hydrogens (primary N) is 2. The fourth-order valence-corrected chi connectivity index (χ4v) is 2.08. The molecule has 116 valence electrons. The second-order valence-electron chi connectivity index (χ2n) is 4.50. The highest BCUT2D eigenvalue weighted by molar-refractivity contribution is 5.83. The number of primary amides is 1. The fourth-order valence-electron chi connectivity index (χ4n) is 2.08. The molecule has 0 radical (unpaired) electrons. The molecule has 0 bridgehead atoms. The maximum atomic E-state index is 11.5. The molecule has 1 fully saturated rings. The average molecular weight is 296 g/mol. The van der Waals surface area contributed by atoms with Gasteiger partial charge in [0.25, 0.3) is 0 Å². The largest absolute Gasteiger partial charge is 0.377 e. The summed E-state index contributed by atoms with van der Waals surface area (Å²) in [5, 5.41) is 0. The highest BCUT2D eigenvalue weighted by Gasteiger charge is 2.29. The number of nitrogens with zero attached hydrogens (tertiary/aromatic N) is 3. The van der Waals surface area contributed by atoms with Gasteiger partial charge in [0.2, 0.25) is 5.91 Å². The number of aromatic nitrogens is 2. The summed E-state index contributed by atoms with van der Waals surface area (Å²) < 4.78 is 10.6. The molecule has 0 aromatic carbocycles. The van der Waals surface area contributed by atoms with Crippen LogP contribution in [0.3, 0.4) is 0 Å². The van der Waals surface area contributed by atoms with Crippen molar-refractivity contribution in [2.24, 2.45) is 11.6 Å². The molecule has 2 heterocycles. The minimum atomic E-state index is -0.556. The van der Waals surface area contributed by atoms with Crippen molar-refractivity contribution in [2.45, 2.75) is 19.6 Å². The van der Waals surface area contributed by atoms with E-state index in [2.05, 4.69) is 15.4 Å². The van der Waals surface area contributed by atoms with Crippen molar-refractivity contribution in [3.8, 4) is 0 Å². The summed E-state index contributed by atoms with van der Waals surface area (Å²) in [5.41, 5.74) is 7.90. The third-order valence-electron chi connectivity index (χ3n) is 3.09. The van der Waals surface area contributed by atoms with Crippen LogP contribution in [0.2, 0.25) is 0 Å². The molecular weight excluding hydrogens is 276 g/mol. The zero-order valence-electron chi connectivity index (χ0n) is 11.9. The summed E-state index contributed by atoms with van der Waals surface area (Å²) in [4.78, 5) is 22.0. The summed E-state index contributed by atoms with van der Waals surface area (Å²) in [6.45, 7) is 3.97. The molecule has 1 aliphatic rings. The van der Waals surface area contributed by atoms with Crippen LogP contribution in [0.1, 0.15) is 12.7 Å². The standard InChI is InChI=1S/C12H20N6O3/c1-2-20-7-10-15-9(17-14)5-11(16-10)18-3-4-21-6-8(18)12(13)19/h5,8H,2-4,6-7,14H2,1H3,(H2,13,19)(H,15,16,17). The second kappa shape index (κ2) is 7.16. The van der Waals surface area contributed by atoms with Gasteiger partial charge in [-0.05, 0) is 6.92 Å². The van der Waals surface area contributed by atoms with Crippen LogP contribution in [0.4, 0.5) is 11.6 Å². The predicted molar refractivity (Wildman–Crippen MR) is 76.3 cm³/mol. The Morgan fingerprint density at radius 2 is 2.43 bits per heavy atom. The normalized spacial score (nSPS) is 18.6. The summed E-state index contributed by atoms with van der Waals surface area (Å²) >= 11 is 0. The summed E-state index contributed by atoms with van der Waals surface area (Å²) in [6, 6.07) is 1.11. The maximum absolute atomic E-state index is 11.5. The monoisotopic (exact) mass is 296 g/mol. The van der Waals surface area contributed by atoms with Crippen molar-refractivity contribution in [2.75, 3.05) is 36.7 Å². The number of nitrogens with one attached hydrogen (secondary N) is 1. The van der Waals surface area contributed by atoms with Gasteiger partial charge in [-0.2, -0.15) is 0 Å². The Balaban J connectivity index is 2.29. The van der Waals surface area contributed by atoms with Crippen molar-refractivity contribution >= 4 is 17.5 Å². The first kappa shape index (κ1) is 15.4. The number of amides is 1. The Bertz CT molecular complexity index is 498. The van der Waals surface area contributed by atoms with Crippen LogP contribution in [0.25, 0.3) is 0 Å². The van der Waals surface area contributed by atoms with Crippen molar-refractivity contribution < 1.29 is 14.3 Å². The smallest absolute Gasteiger partial charge is 0.242 e. The van der Waals surface area contributed by atoms with Crippen molar-refractivity contribution in [3.05, 3.63) is 11.9 Å². The van der Waals surface area contributed by atoms with E-state index in [0.717, 1.165) is 0 Å². The zero-order valence-corrected chi connectivity index (χ0v) is 11.9. The molecule has 9 heteroatoms. The number of morpholine rings is 1. The van der Waals surface area contributed by atoms with Gasteiger partial charge in [0.05, 0.1) is 13.2 Å². The maximum Gasteiger partial charge on any atom is 0.242 e. The Kier molecular flexibility index (Phi) is 5.26. The lowest BCUT2D eigenvalue weighted by Gasteiger charge is -2.34. The van der Waals surface area contributed by atoms with Crippen LogP contribution in [0.5, 0.6) is 0 Å². The zero-order chi connectivity index (χ0) is 15.2. The predicted octanol–water partition coefficient (Wildman–Crippen LogP) is -1.01. The molecule has 9 nitrogen and oxygen atoms in total. The number of carbonyl (C=O) groups excluding carboxylic acids is 1. The lowest BCUT2D eigenvalue weighted by molar-refractivity contribution is -0.121. The molecule has 21 heavy (non-hydrogen) atoms. The first-order chi connectivity index (χ1) is 10.2. The van der Waals surface area contributed by atoms with Crippen molar-refractivity contribution in [3.63, 3.8) is 0 Å². The number of rotatable bonds is 6. The Hall–Kier alpha value is -1.97. The summed E-state index contributed by atoms with van der Waals surface area (Å²) in [6.07, 6.45) is 0. The van der Waals surface area contributed by atoms with E-state index >= 15 is 0 Å². The summed E-state index contributed by atoms with van der Waals surface area (Å²) in [7, 11) is 0. The van der Waals surface area contributed by atoms with Crippen molar-refractivity contribution in [1.82, 2.24) is 9.97 Å². The minimum Gasteiger partial charge on any atom is -0.377 e. The molecule has 1 saturated heterocycles. The van der Waals surface area contributed by atoms with Gasteiger partial charge in [-0.1, -0.05) is 0 Å². The highest BCUT2D eigenvalue weighted by atomic mass is 16.5.